The summed E-state index contributed by atoms with van der Waals surface area (Å²) in [7, 11) is 0. The van der Waals surface area contributed by atoms with Crippen LogP contribution in [-0.4, -0.2) is 11.1 Å². The third-order valence-electron chi connectivity index (χ3n) is 3.36. The molecular weight excluding hydrogens is 283 g/mol. The normalized spacial score (nSPS) is 11.9. The lowest BCUT2D eigenvalue weighted by Gasteiger charge is -2.10. The maximum absolute atomic E-state index is 12.8. The first kappa shape index (κ1) is 16.2. The number of aliphatic hydroxyl groups excluding tert-OH is 1. The Kier molecular flexibility index (Phi) is 6.10. The monoisotopic (exact) mass is 302 g/mol. The molecule has 2 aromatic carbocycles. The number of benzene rings is 2. The third kappa shape index (κ3) is 5.30. The van der Waals surface area contributed by atoms with E-state index in [1.54, 1.807) is 12.1 Å². The van der Waals surface area contributed by atoms with E-state index >= 15 is 0 Å². The van der Waals surface area contributed by atoms with Gasteiger partial charge < -0.3 is 9.84 Å². The molecule has 0 bridgehead atoms. The van der Waals surface area contributed by atoms with Gasteiger partial charge in [0.15, 0.2) is 0 Å². The third-order valence-corrected chi connectivity index (χ3v) is 3.36. The quantitative estimate of drug-likeness (QED) is 0.792. The van der Waals surface area contributed by atoms with Gasteiger partial charge in [-0.1, -0.05) is 42.5 Å². The average molecular weight is 302 g/mol. The Morgan fingerprint density at radius 3 is 2.45 bits per heavy atom. The highest BCUT2D eigenvalue weighted by Crippen LogP contribution is 2.19. The molecule has 0 amide bonds. The number of carbonyl (C=O) groups excluding carboxylic acids is 1. The van der Waals surface area contributed by atoms with Crippen molar-refractivity contribution >= 4 is 5.97 Å². The average Bonchev–Trinajstić information content (AvgIpc) is 2.54. The maximum Gasteiger partial charge on any atom is 0.306 e. The van der Waals surface area contributed by atoms with E-state index in [-0.39, 0.29) is 24.8 Å². The smallest absolute Gasteiger partial charge is 0.306 e. The van der Waals surface area contributed by atoms with Crippen LogP contribution in [0.1, 0.15) is 36.5 Å². The molecule has 0 aromatic heterocycles. The van der Waals surface area contributed by atoms with E-state index in [0.29, 0.717) is 18.4 Å². The molecule has 0 aliphatic rings. The molecule has 0 heterocycles. The Bertz CT molecular complexity index is 581. The highest BCUT2D eigenvalue weighted by molar-refractivity contribution is 5.69. The molecule has 2 aromatic rings. The lowest BCUT2D eigenvalue weighted by atomic mass is 10.0. The number of aliphatic hydroxyl groups is 1. The van der Waals surface area contributed by atoms with Gasteiger partial charge in [-0.25, -0.2) is 4.39 Å². The van der Waals surface area contributed by atoms with Gasteiger partial charge in [0.05, 0.1) is 6.10 Å². The zero-order valence-electron chi connectivity index (χ0n) is 12.2. The van der Waals surface area contributed by atoms with Crippen molar-refractivity contribution in [3.05, 3.63) is 71.5 Å². The predicted octanol–water partition coefficient (Wildman–Crippen LogP) is 3.77. The summed E-state index contributed by atoms with van der Waals surface area (Å²) in [4.78, 5) is 11.6. The molecule has 3 nitrogen and oxygen atoms in total. The number of esters is 1. The Hall–Kier alpha value is -2.20. The standard InChI is InChI=1S/C18H19FO3/c19-16-11-9-15(10-12-16)17(20)7-4-8-18(21)22-13-14-5-2-1-3-6-14/h1-3,5-6,9-12,17,20H,4,7-8,13H2/t17-/m0/s1. The highest BCUT2D eigenvalue weighted by atomic mass is 19.1. The summed E-state index contributed by atoms with van der Waals surface area (Å²) >= 11 is 0. The fourth-order valence-corrected chi connectivity index (χ4v) is 2.10. The molecule has 0 fully saturated rings. The van der Waals surface area contributed by atoms with E-state index in [1.165, 1.54) is 12.1 Å². The van der Waals surface area contributed by atoms with Crippen molar-refractivity contribution < 1.29 is 19.0 Å². The zero-order valence-corrected chi connectivity index (χ0v) is 12.2. The molecule has 0 unspecified atom stereocenters. The number of rotatable bonds is 7. The maximum atomic E-state index is 12.8. The zero-order chi connectivity index (χ0) is 15.8. The number of halogens is 1. The van der Waals surface area contributed by atoms with Crippen molar-refractivity contribution in [2.75, 3.05) is 0 Å². The molecule has 0 saturated heterocycles. The SMILES string of the molecule is O=C(CCC[C@H](O)c1ccc(F)cc1)OCc1ccccc1. The van der Waals surface area contributed by atoms with Crippen LogP contribution in [0.15, 0.2) is 54.6 Å². The molecule has 2 rings (SSSR count). The van der Waals surface area contributed by atoms with E-state index in [1.807, 2.05) is 30.3 Å². The van der Waals surface area contributed by atoms with Gasteiger partial charge in [0.2, 0.25) is 0 Å². The fraction of sp³-hybridized carbons (Fsp3) is 0.278. The molecule has 0 aliphatic heterocycles. The van der Waals surface area contributed by atoms with E-state index in [2.05, 4.69) is 0 Å². The Morgan fingerprint density at radius 2 is 1.77 bits per heavy atom. The van der Waals surface area contributed by atoms with Crippen LogP contribution in [0.25, 0.3) is 0 Å². The lowest BCUT2D eigenvalue weighted by molar-refractivity contribution is -0.145. The molecule has 4 heteroatoms. The van der Waals surface area contributed by atoms with Crippen molar-refractivity contribution in [3.8, 4) is 0 Å². The van der Waals surface area contributed by atoms with Gasteiger partial charge in [0.1, 0.15) is 12.4 Å². The minimum atomic E-state index is -0.692. The number of carbonyl (C=O) groups is 1. The summed E-state index contributed by atoms with van der Waals surface area (Å²) in [6.07, 6.45) is 0.520. The van der Waals surface area contributed by atoms with Crippen LogP contribution in [0.2, 0.25) is 0 Å². The first-order valence-electron chi connectivity index (χ1n) is 7.28. The second-order valence-electron chi connectivity index (χ2n) is 5.11. The van der Waals surface area contributed by atoms with Gasteiger partial charge in [-0.3, -0.25) is 4.79 Å². The second-order valence-corrected chi connectivity index (χ2v) is 5.11. The Morgan fingerprint density at radius 1 is 1.09 bits per heavy atom. The summed E-state index contributed by atoms with van der Waals surface area (Å²) in [5.74, 6) is -0.615. The second kappa shape index (κ2) is 8.29. The van der Waals surface area contributed by atoms with E-state index in [0.717, 1.165) is 5.56 Å². The molecule has 22 heavy (non-hydrogen) atoms. The van der Waals surface area contributed by atoms with E-state index in [9.17, 15) is 14.3 Å². The van der Waals surface area contributed by atoms with E-state index in [4.69, 9.17) is 4.74 Å². The number of ether oxygens (including phenoxy) is 1. The van der Waals surface area contributed by atoms with Crippen LogP contribution in [0.5, 0.6) is 0 Å². The van der Waals surface area contributed by atoms with Crippen LogP contribution >= 0.6 is 0 Å². The van der Waals surface area contributed by atoms with Crippen molar-refractivity contribution in [2.24, 2.45) is 0 Å². The van der Waals surface area contributed by atoms with Crippen molar-refractivity contribution in [1.82, 2.24) is 0 Å². The van der Waals surface area contributed by atoms with Crippen LogP contribution in [-0.2, 0) is 16.1 Å². The van der Waals surface area contributed by atoms with Crippen LogP contribution in [0, 0.1) is 5.82 Å². The molecule has 0 radical (unpaired) electrons. The van der Waals surface area contributed by atoms with Crippen LogP contribution in [0.4, 0.5) is 4.39 Å². The van der Waals surface area contributed by atoms with Gasteiger partial charge in [-0.2, -0.15) is 0 Å². The fourth-order valence-electron chi connectivity index (χ4n) is 2.10. The van der Waals surface area contributed by atoms with Crippen molar-refractivity contribution in [2.45, 2.75) is 32.0 Å². The summed E-state index contributed by atoms with van der Waals surface area (Å²) < 4.78 is 18.0. The number of hydrogen-bond acceptors (Lipinski definition) is 3. The van der Waals surface area contributed by atoms with Gasteiger partial charge in [-0.05, 0) is 36.1 Å². The minimum absolute atomic E-state index is 0.255. The number of hydrogen-bond donors (Lipinski definition) is 1. The minimum Gasteiger partial charge on any atom is -0.461 e. The molecular formula is C18H19FO3. The molecule has 0 spiro atoms. The molecule has 0 saturated carbocycles. The highest BCUT2D eigenvalue weighted by Gasteiger charge is 2.10. The lowest BCUT2D eigenvalue weighted by Crippen LogP contribution is -2.06. The largest absolute Gasteiger partial charge is 0.461 e. The first-order valence-corrected chi connectivity index (χ1v) is 7.28. The molecule has 1 atom stereocenters. The van der Waals surface area contributed by atoms with Crippen LogP contribution < -0.4 is 0 Å². The van der Waals surface area contributed by atoms with Crippen LogP contribution in [0.3, 0.4) is 0 Å². The molecule has 0 aliphatic carbocycles. The van der Waals surface area contributed by atoms with Crippen molar-refractivity contribution in [3.63, 3.8) is 0 Å². The van der Waals surface area contributed by atoms with E-state index < -0.39 is 6.10 Å². The Labute approximate surface area is 129 Å². The first-order chi connectivity index (χ1) is 10.6. The predicted molar refractivity (Wildman–Crippen MR) is 81.4 cm³/mol. The molecule has 116 valence electrons. The topological polar surface area (TPSA) is 46.5 Å². The molecule has 1 N–H and O–H groups in total. The summed E-state index contributed by atoms with van der Waals surface area (Å²) in [6.45, 7) is 0.264. The summed E-state index contributed by atoms with van der Waals surface area (Å²) in [5, 5.41) is 9.96. The summed E-state index contributed by atoms with van der Waals surface area (Å²) in [6, 6.07) is 15.2. The Balaban J connectivity index is 1.67. The van der Waals surface area contributed by atoms with Gasteiger partial charge in [0, 0.05) is 6.42 Å². The van der Waals surface area contributed by atoms with Gasteiger partial charge in [0.25, 0.3) is 0 Å². The van der Waals surface area contributed by atoms with Gasteiger partial charge >= 0.3 is 5.97 Å². The summed E-state index contributed by atoms with van der Waals surface area (Å²) in [5.41, 5.74) is 1.60. The van der Waals surface area contributed by atoms with Gasteiger partial charge in [-0.15, -0.1) is 0 Å². The van der Waals surface area contributed by atoms with Crippen molar-refractivity contribution in [1.29, 1.82) is 0 Å².